The maximum atomic E-state index is 11.4. The Bertz CT molecular complexity index is 840. The molecule has 27 heavy (non-hydrogen) atoms. The second-order valence-corrected chi connectivity index (χ2v) is 9.08. The van der Waals surface area contributed by atoms with Crippen LogP contribution in [0.5, 0.6) is 0 Å². The minimum absolute atomic E-state index is 0.388. The van der Waals surface area contributed by atoms with E-state index in [-0.39, 0.29) is 5.91 Å². The van der Waals surface area contributed by atoms with Crippen LogP contribution in [-0.2, 0) is 6.54 Å². The minimum atomic E-state index is -0.388. The summed E-state index contributed by atoms with van der Waals surface area (Å²) in [7, 11) is 0. The number of fused-ring (bicyclic) bond motifs is 2. The number of benzene rings is 2. The van der Waals surface area contributed by atoms with Crippen molar-refractivity contribution in [2.24, 2.45) is 28.9 Å². The Morgan fingerprint density at radius 2 is 1.85 bits per heavy atom. The zero-order valence-corrected chi connectivity index (χ0v) is 16.5. The van der Waals surface area contributed by atoms with E-state index >= 15 is 0 Å². The van der Waals surface area contributed by atoms with Gasteiger partial charge in [0.1, 0.15) is 0 Å². The molecule has 5 rings (SSSR count). The molecule has 4 atom stereocenters. The maximum absolute atomic E-state index is 11.4. The van der Waals surface area contributed by atoms with Gasteiger partial charge in [-0.15, -0.1) is 0 Å². The van der Waals surface area contributed by atoms with Gasteiger partial charge >= 0.3 is 0 Å². The van der Waals surface area contributed by atoms with Gasteiger partial charge in [0.2, 0.25) is 5.91 Å². The van der Waals surface area contributed by atoms with E-state index in [0.29, 0.717) is 17.0 Å². The number of nitrogens with one attached hydrogen (secondary N) is 1. The molecular formula is C24H30N2O. The van der Waals surface area contributed by atoms with Crippen LogP contribution in [0.2, 0.25) is 0 Å². The molecule has 3 fully saturated rings. The van der Waals surface area contributed by atoms with Gasteiger partial charge in [-0.2, -0.15) is 0 Å². The molecular weight excluding hydrogens is 332 g/mol. The summed E-state index contributed by atoms with van der Waals surface area (Å²) >= 11 is 0. The standard InChI is InChI=1S/C24H30N2O/c1-15-21-12-20(24(21,2)3)13-22(15)26-14-16-7-9-17(10-8-16)18-5-4-6-19(11-18)23(25)27/h4-11,15,20-22,26H,12-14H2,1-3H3,(H2,25,27)/t15-,20+,21-,22-/m1/s1. The molecule has 0 spiro atoms. The number of carbonyl (C=O) groups excluding carboxylic acids is 1. The Balaban J connectivity index is 1.39. The van der Waals surface area contributed by atoms with Crippen molar-refractivity contribution in [2.75, 3.05) is 0 Å². The summed E-state index contributed by atoms with van der Waals surface area (Å²) in [6, 6.07) is 16.7. The van der Waals surface area contributed by atoms with Gasteiger partial charge in [0.25, 0.3) is 0 Å². The molecule has 0 heterocycles. The van der Waals surface area contributed by atoms with Crippen LogP contribution in [0.25, 0.3) is 11.1 Å². The molecule has 1 amide bonds. The molecule has 0 aliphatic heterocycles. The van der Waals surface area contributed by atoms with E-state index in [1.807, 2.05) is 18.2 Å². The van der Waals surface area contributed by atoms with Crippen molar-refractivity contribution < 1.29 is 4.79 Å². The van der Waals surface area contributed by atoms with E-state index < -0.39 is 0 Å². The van der Waals surface area contributed by atoms with Crippen LogP contribution in [-0.4, -0.2) is 11.9 Å². The molecule has 2 bridgehead atoms. The fourth-order valence-electron chi connectivity index (χ4n) is 5.34. The summed E-state index contributed by atoms with van der Waals surface area (Å²) in [5.74, 6) is 2.12. The normalized spacial score (nSPS) is 28.4. The molecule has 2 aromatic rings. The van der Waals surface area contributed by atoms with Crippen LogP contribution in [0.4, 0.5) is 0 Å². The van der Waals surface area contributed by atoms with Crippen molar-refractivity contribution in [3.8, 4) is 11.1 Å². The van der Waals surface area contributed by atoms with Gasteiger partial charge in [-0.25, -0.2) is 0 Å². The van der Waals surface area contributed by atoms with E-state index in [0.717, 1.165) is 35.4 Å². The van der Waals surface area contributed by atoms with Crippen LogP contribution < -0.4 is 11.1 Å². The smallest absolute Gasteiger partial charge is 0.248 e. The highest BCUT2D eigenvalue weighted by molar-refractivity contribution is 5.94. The Kier molecular flexibility index (Phi) is 4.59. The second kappa shape index (κ2) is 6.79. The number of carbonyl (C=O) groups is 1. The second-order valence-electron chi connectivity index (χ2n) is 9.08. The molecule has 0 saturated heterocycles. The van der Waals surface area contributed by atoms with Crippen LogP contribution in [0.1, 0.15) is 49.5 Å². The first kappa shape index (κ1) is 18.2. The third-order valence-corrected chi connectivity index (χ3v) is 7.36. The number of hydrogen-bond donors (Lipinski definition) is 2. The number of primary amides is 1. The van der Waals surface area contributed by atoms with Crippen molar-refractivity contribution >= 4 is 5.91 Å². The summed E-state index contributed by atoms with van der Waals surface area (Å²) in [4.78, 5) is 11.4. The summed E-state index contributed by atoms with van der Waals surface area (Å²) < 4.78 is 0. The zero-order chi connectivity index (χ0) is 19.2. The first-order valence-electron chi connectivity index (χ1n) is 10.1. The number of hydrogen-bond acceptors (Lipinski definition) is 2. The summed E-state index contributed by atoms with van der Waals surface area (Å²) in [5, 5.41) is 3.81. The fraction of sp³-hybridized carbons (Fsp3) is 0.458. The molecule has 3 aliphatic rings. The molecule has 0 unspecified atom stereocenters. The van der Waals surface area contributed by atoms with Gasteiger partial charge in [-0.3, -0.25) is 4.79 Å². The molecule has 142 valence electrons. The van der Waals surface area contributed by atoms with E-state index in [2.05, 4.69) is 50.4 Å². The molecule has 3 aliphatic carbocycles. The van der Waals surface area contributed by atoms with Crippen LogP contribution in [0.15, 0.2) is 48.5 Å². The minimum Gasteiger partial charge on any atom is -0.366 e. The quantitative estimate of drug-likeness (QED) is 0.816. The monoisotopic (exact) mass is 362 g/mol. The molecule has 0 radical (unpaired) electrons. The zero-order valence-electron chi connectivity index (χ0n) is 16.5. The van der Waals surface area contributed by atoms with E-state index in [4.69, 9.17) is 5.73 Å². The van der Waals surface area contributed by atoms with E-state index in [1.54, 1.807) is 6.07 Å². The van der Waals surface area contributed by atoms with Gasteiger partial charge < -0.3 is 11.1 Å². The Hall–Kier alpha value is -2.13. The Morgan fingerprint density at radius 1 is 1.11 bits per heavy atom. The number of rotatable bonds is 5. The third kappa shape index (κ3) is 3.29. The lowest BCUT2D eigenvalue weighted by atomic mass is 9.45. The number of amides is 1. The van der Waals surface area contributed by atoms with Crippen molar-refractivity contribution in [2.45, 2.75) is 46.2 Å². The van der Waals surface area contributed by atoms with Gasteiger partial charge in [0.05, 0.1) is 0 Å². The van der Waals surface area contributed by atoms with E-state index in [1.165, 1.54) is 18.4 Å². The molecule has 3 N–H and O–H groups in total. The third-order valence-electron chi connectivity index (χ3n) is 7.36. The lowest BCUT2D eigenvalue weighted by Crippen LogP contribution is -2.59. The SMILES string of the molecule is C[C@@H]1[C@H]2C[C@@H](C[C@H]1NCc1ccc(-c3cccc(C(N)=O)c3)cc1)C2(C)C. The molecule has 3 saturated carbocycles. The number of nitrogens with two attached hydrogens (primary N) is 1. The molecule has 0 aromatic heterocycles. The van der Waals surface area contributed by atoms with Crippen molar-refractivity contribution in [3.63, 3.8) is 0 Å². The highest BCUT2D eigenvalue weighted by atomic mass is 16.1. The predicted octanol–water partition coefficient (Wildman–Crippen LogP) is 4.61. The van der Waals surface area contributed by atoms with Gasteiger partial charge in [-0.1, -0.05) is 57.2 Å². The molecule has 3 heteroatoms. The van der Waals surface area contributed by atoms with Crippen LogP contribution >= 0.6 is 0 Å². The van der Waals surface area contributed by atoms with Crippen LogP contribution in [0.3, 0.4) is 0 Å². The van der Waals surface area contributed by atoms with Gasteiger partial charge in [0.15, 0.2) is 0 Å². The average Bonchev–Trinajstić information content (AvgIpc) is 2.67. The summed E-state index contributed by atoms with van der Waals surface area (Å²) in [6.07, 6.45) is 2.73. The largest absolute Gasteiger partial charge is 0.366 e. The first-order chi connectivity index (χ1) is 12.9. The molecule has 2 aromatic carbocycles. The highest BCUT2D eigenvalue weighted by Gasteiger charge is 2.55. The summed E-state index contributed by atoms with van der Waals surface area (Å²) in [5.41, 5.74) is 9.91. The summed E-state index contributed by atoms with van der Waals surface area (Å²) in [6.45, 7) is 8.24. The topological polar surface area (TPSA) is 55.1 Å². The predicted molar refractivity (Wildman–Crippen MR) is 110 cm³/mol. The lowest BCUT2D eigenvalue weighted by Gasteiger charge is -2.62. The Labute approximate surface area is 162 Å². The van der Waals surface area contributed by atoms with Crippen LogP contribution in [0, 0.1) is 23.2 Å². The fourth-order valence-corrected chi connectivity index (χ4v) is 5.34. The van der Waals surface area contributed by atoms with Gasteiger partial charge in [0, 0.05) is 18.2 Å². The van der Waals surface area contributed by atoms with Crippen molar-refractivity contribution in [1.82, 2.24) is 5.32 Å². The average molecular weight is 363 g/mol. The van der Waals surface area contributed by atoms with Crippen molar-refractivity contribution in [1.29, 1.82) is 0 Å². The van der Waals surface area contributed by atoms with E-state index in [9.17, 15) is 4.79 Å². The maximum Gasteiger partial charge on any atom is 0.248 e. The van der Waals surface area contributed by atoms with Crippen molar-refractivity contribution in [3.05, 3.63) is 59.7 Å². The molecule has 3 nitrogen and oxygen atoms in total. The lowest BCUT2D eigenvalue weighted by molar-refractivity contribution is -0.115. The Morgan fingerprint density at radius 3 is 2.48 bits per heavy atom. The van der Waals surface area contributed by atoms with Gasteiger partial charge in [-0.05, 0) is 64.8 Å². The highest BCUT2D eigenvalue weighted by Crippen LogP contribution is 2.61. The first-order valence-corrected chi connectivity index (χ1v) is 10.1.